The molecule has 2 aliphatic rings. The molecule has 0 spiro atoms. The Hall–Kier alpha value is -2.08. The maximum atomic E-state index is 13.0. The van der Waals surface area contributed by atoms with E-state index in [1.165, 1.54) is 8.61 Å². The Morgan fingerprint density at radius 1 is 1.11 bits per heavy atom. The fraction of sp³-hybridized carbons (Fsp3) is 0.588. The Morgan fingerprint density at radius 3 is 2.43 bits per heavy atom. The minimum atomic E-state index is -3.57. The molecule has 2 aromatic rings. The van der Waals surface area contributed by atoms with Crippen LogP contribution in [0, 0.1) is 0 Å². The maximum absolute atomic E-state index is 13.0. The van der Waals surface area contributed by atoms with Crippen molar-refractivity contribution >= 4 is 21.9 Å². The number of hydrogen-bond acceptors (Lipinski definition) is 6. The van der Waals surface area contributed by atoms with Gasteiger partial charge in [-0.2, -0.15) is 17.0 Å². The summed E-state index contributed by atoms with van der Waals surface area (Å²) < 4.78 is 36.2. The van der Waals surface area contributed by atoms with Gasteiger partial charge in [-0.15, -0.1) is 0 Å². The van der Waals surface area contributed by atoms with Gasteiger partial charge in [-0.05, 0) is 19.9 Å². The normalized spacial score (nSPS) is 25.3. The number of rotatable bonds is 3. The molecule has 1 amide bonds. The maximum Gasteiger partial charge on any atom is 0.282 e. The summed E-state index contributed by atoms with van der Waals surface area (Å²) in [6.45, 7) is 5.63. The molecule has 2 aliphatic heterocycles. The molecule has 28 heavy (non-hydrogen) atoms. The SMILES string of the molecule is C[C@H]1CN(S(=O)(=O)N2CCN(C(=O)c3cn4cccnc4n3)CC2)C[C@H](C)O1. The molecule has 0 N–H and O–H groups in total. The van der Waals surface area contributed by atoms with Gasteiger partial charge in [0.2, 0.25) is 5.78 Å². The van der Waals surface area contributed by atoms with E-state index in [1.54, 1.807) is 34.0 Å². The highest BCUT2D eigenvalue weighted by atomic mass is 32.2. The summed E-state index contributed by atoms with van der Waals surface area (Å²) in [5.41, 5.74) is 0.311. The van der Waals surface area contributed by atoms with Gasteiger partial charge in [0.15, 0.2) is 0 Å². The fourth-order valence-corrected chi connectivity index (χ4v) is 5.45. The molecule has 0 aliphatic carbocycles. The monoisotopic (exact) mass is 408 g/mol. The van der Waals surface area contributed by atoms with Crippen LogP contribution in [-0.4, -0.2) is 93.7 Å². The largest absolute Gasteiger partial charge is 0.373 e. The number of morpholine rings is 1. The molecule has 4 heterocycles. The van der Waals surface area contributed by atoms with Crippen LogP contribution in [0.1, 0.15) is 24.3 Å². The lowest BCUT2D eigenvalue weighted by Crippen LogP contribution is -2.57. The van der Waals surface area contributed by atoms with Crippen molar-refractivity contribution in [2.24, 2.45) is 0 Å². The smallest absolute Gasteiger partial charge is 0.282 e. The van der Waals surface area contributed by atoms with Gasteiger partial charge in [-0.25, -0.2) is 9.97 Å². The van der Waals surface area contributed by atoms with E-state index in [0.717, 1.165) is 0 Å². The Labute approximate surface area is 163 Å². The number of ether oxygens (including phenoxy) is 1. The molecule has 0 bridgehead atoms. The molecule has 10 nitrogen and oxygen atoms in total. The summed E-state index contributed by atoms with van der Waals surface area (Å²) >= 11 is 0. The van der Waals surface area contributed by atoms with Gasteiger partial charge >= 0.3 is 0 Å². The summed E-state index contributed by atoms with van der Waals surface area (Å²) in [6, 6.07) is 1.76. The molecule has 2 saturated heterocycles. The minimum Gasteiger partial charge on any atom is -0.373 e. The first kappa shape index (κ1) is 19.2. The third kappa shape index (κ3) is 3.62. The van der Waals surface area contributed by atoms with Crippen LogP contribution in [0.25, 0.3) is 5.78 Å². The zero-order valence-electron chi connectivity index (χ0n) is 15.9. The number of imidazole rings is 1. The van der Waals surface area contributed by atoms with E-state index in [-0.39, 0.29) is 31.2 Å². The minimum absolute atomic E-state index is 0.134. The number of piperazine rings is 1. The van der Waals surface area contributed by atoms with Crippen LogP contribution < -0.4 is 0 Å². The summed E-state index contributed by atoms with van der Waals surface area (Å²) in [5, 5.41) is 0. The van der Waals surface area contributed by atoms with Crippen LogP contribution in [0.2, 0.25) is 0 Å². The quantitative estimate of drug-likeness (QED) is 0.700. The van der Waals surface area contributed by atoms with E-state index in [9.17, 15) is 13.2 Å². The third-order valence-electron chi connectivity index (χ3n) is 5.02. The Balaban J connectivity index is 1.41. The Morgan fingerprint density at radius 2 is 1.79 bits per heavy atom. The molecule has 2 atom stereocenters. The molecule has 0 radical (unpaired) electrons. The lowest BCUT2D eigenvalue weighted by Gasteiger charge is -2.40. The average Bonchev–Trinajstić information content (AvgIpc) is 3.11. The molecule has 0 saturated carbocycles. The first-order valence-corrected chi connectivity index (χ1v) is 10.7. The van der Waals surface area contributed by atoms with Gasteiger partial charge in [0.1, 0.15) is 5.69 Å². The Kier molecular flexibility index (Phi) is 5.08. The van der Waals surface area contributed by atoms with E-state index >= 15 is 0 Å². The number of nitrogens with zero attached hydrogens (tertiary/aromatic N) is 6. The molecule has 4 rings (SSSR count). The van der Waals surface area contributed by atoms with Crippen LogP contribution in [0.3, 0.4) is 0 Å². The molecule has 2 aromatic heterocycles. The van der Waals surface area contributed by atoms with Crippen LogP contribution in [-0.2, 0) is 14.9 Å². The van der Waals surface area contributed by atoms with E-state index in [1.807, 2.05) is 13.8 Å². The first-order chi connectivity index (χ1) is 13.3. The third-order valence-corrected chi connectivity index (χ3v) is 6.99. The van der Waals surface area contributed by atoms with Crippen molar-refractivity contribution in [1.29, 1.82) is 0 Å². The van der Waals surface area contributed by atoms with Gasteiger partial charge in [-0.3, -0.25) is 9.20 Å². The van der Waals surface area contributed by atoms with E-state index in [4.69, 9.17) is 4.74 Å². The van der Waals surface area contributed by atoms with Crippen molar-refractivity contribution in [2.75, 3.05) is 39.3 Å². The first-order valence-electron chi connectivity index (χ1n) is 9.34. The van der Waals surface area contributed by atoms with Crippen LogP contribution >= 0.6 is 0 Å². The second-order valence-electron chi connectivity index (χ2n) is 7.23. The highest BCUT2D eigenvalue weighted by Gasteiger charge is 2.37. The standard InChI is InChI=1S/C17H24N6O4S/c1-13-10-23(11-14(2)27-13)28(25,26)22-8-6-20(7-9-22)16(24)15-12-21-5-3-4-18-17(21)19-15/h3-5,12-14H,6-11H2,1-2H3/t13-,14-/m0/s1. The molecule has 11 heteroatoms. The molecule has 0 aromatic carbocycles. The van der Waals surface area contributed by atoms with Crippen molar-refractivity contribution in [3.8, 4) is 0 Å². The van der Waals surface area contributed by atoms with E-state index in [2.05, 4.69) is 9.97 Å². The highest BCUT2D eigenvalue weighted by Crippen LogP contribution is 2.19. The lowest BCUT2D eigenvalue weighted by molar-refractivity contribution is -0.0457. The molecular weight excluding hydrogens is 384 g/mol. The lowest BCUT2D eigenvalue weighted by atomic mass is 10.3. The van der Waals surface area contributed by atoms with Gasteiger partial charge in [0.25, 0.3) is 16.1 Å². The molecule has 0 unspecified atom stereocenters. The molecular formula is C17H24N6O4S. The van der Waals surface area contributed by atoms with Crippen molar-refractivity contribution in [3.05, 3.63) is 30.4 Å². The summed E-state index contributed by atoms with van der Waals surface area (Å²) in [5.74, 6) is 0.249. The van der Waals surface area contributed by atoms with Gasteiger partial charge in [0, 0.05) is 57.9 Å². The fourth-order valence-electron chi connectivity index (χ4n) is 3.70. The number of amides is 1. The molecule has 152 valence electrons. The van der Waals surface area contributed by atoms with Crippen LogP contribution in [0.4, 0.5) is 0 Å². The number of hydrogen-bond donors (Lipinski definition) is 0. The van der Waals surface area contributed by atoms with Crippen molar-refractivity contribution in [1.82, 2.24) is 27.9 Å². The summed E-state index contributed by atoms with van der Waals surface area (Å²) in [4.78, 5) is 22.7. The Bertz CT molecular complexity index is 926. The second-order valence-corrected chi connectivity index (χ2v) is 9.15. The van der Waals surface area contributed by atoms with E-state index < -0.39 is 10.2 Å². The topological polar surface area (TPSA) is 100 Å². The highest BCUT2D eigenvalue weighted by molar-refractivity contribution is 7.86. The van der Waals surface area contributed by atoms with Crippen molar-refractivity contribution in [2.45, 2.75) is 26.1 Å². The zero-order chi connectivity index (χ0) is 19.9. The van der Waals surface area contributed by atoms with Crippen molar-refractivity contribution in [3.63, 3.8) is 0 Å². The van der Waals surface area contributed by atoms with E-state index in [0.29, 0.717) is 37.7 Å². The summed E-state index contributed by atoms with van der Waals surface area (Å²) in [6.07, 6.45) is 4.77. The predicted molar refractivity (Wildman–Crippen MR) is 101 cm³/mol. The van der Waals surface area contributed by atoms with Gasteiger partial charge in [-0.1, -0.05) is 0 Å². The number of aromatic nitrogens is 3. The van der Waals surface area contributed by atoms with Crippen molar-refractivity contribution < 1.29 is 17.9 Å². The number of fused-ring (bicyclic) bond motifs is 1. The number of carbonyl (C=O) groups is 1. The van der Waals surface area contributed by atoms with Crippen LogP contribution in [0.15, 0.2) is 24.7 Å². The number of carbonyl (C=O) groups excluding carboxylic acids is 1. The predicted octanol–water partition coefficient (Wildman–Crippen LogP) is -0.159. The summed E-state index contributed by atoms with van der Waals surface area (Å²) in [7, 11) is -3.57. The molecule has 2 fully saturated rings. The zero-order valence-corrected chi connectivity index (χ0v) is 16.7. The van der Waals surface area contributed by atoms with Crippen LogP contribution in [0.5, 0.6) is 0 Å². The van der Waals surface area contributed by atoms with Gasteiger partial charge < -0.3 is 9.64 Å². The second kappa shape index (κ2) is 7.39. The average molecular weight is 408 g/mol. The van der Waals surface area contributed by atoms with Gasteiger partial charge in [0.05, 0.1) is 12.2 Å².